The Bertz CT molecular complexity index is 575. The van der Waals surface area contributed by atoms with Crippen molar-refractivity contribution in [1.82, 2.24) is 0 Å². The first-order valence-electron chi connectivity index (χ1n) is 5.81. The molecule has 2 rings (SSSR count). The molecule has 1 aromatic carbocycles. The van der Waals surface area contributed by atoms with E-state index in [1.54, 1.807) is 11.3 Å². The number of carbonyl (C=O) groups is 1. The van der Waals surface area contributed by atoms with E-state index < -0.39 is 0 Å². The number of Topliss-reactive ketones (excluding diaryl/α,β-unsaturated/α-hetero) is 1. The summed E-state index contributed by atoms with van der Waals surface area (Å²) in [6.45, 7) is 6.26. The Morgan fingerprint density at radius 2 is 1.78 bits per heavy atom. The molecule has 0 radical (unpaired) electrons. The Labute approximate surface area is 125 Å². The number of aryl methyl sites for hydroxylation is 3. The molecule has 1 heterocycles. The van der Waals surface area contributed by atoms with Crippen molar-refractivity contribution in [2.24, 2.45) is 0 Å². The van der Waals surface area contributed by atoms with Crippen molar-refractivity contribution in [2.75, 3.05) is 0 Å². The average Bonchev–Trinajstić information content (AvgIpc) is 2.70. The van der Waals surface area contributed by atoms with Crippen molar-refractivity contribution >= 4 is 39.7 Å². The van der Waals surface area contributed by atoms with Gasteiger partial charge < -0.3 is 0 Å². The molecule has 0 unspecified atom stereocenters. The third-order valence-corrected chi connectivity index (χ3v) is 4.86. The maximum absolute atomic E-state index is 12.2. The predicted molar refractivity (Wildman–Crippen MR) is 85.7 cm³/mol. The fraction of sp³-hybridized carbons (Fsp3) is 0.267. The molecule has 2 aromatic rings. The molecule has 3 heteroatoms. The summed E-state index contributed by atoms with van der Waals surface area (Å²) in [6, 6.07) is 6.26. The molecule has 0 fully saturated rings. The second-order valence-corrected chi connectivity index (χ2v) is 7.42. The highest BCUT2D eigenvalue weighted by atomic mass is 127. The van der Waals surface area contributed by atoms with Gasteiger partial charge in [-0.2, -0.15) is 0 Å². The van der Waals surface area contributed by atoms with E-state index >= 15 is 0 Å². The standard InChI is InChI=1S/C15H15IOS/c1-9-4-10(2)13(11(3)5-9)7-14(17)12-6-15(16)18-8-12/h4-6,8H,7H2,1-3H3. The minimum Gasteiger partial charge on any atom is -0.294 e. The molecule has 0 saturated carbocycles. The van der Waals surface area contributed by atoms with Crippen LogP contribution in [0.5, 0.6) is 0 Å². The van der Waals surface area contributed by atoms with Crippen molar-refractivity contribution < 1.29 is 4.79 Å². The highest BCUT2D eigenvalue weighted by molar-refractivity contribution is 14.1. The van der Waals surface area contributed by atoms with Gasteiger partial charge in [-0.25, -0.2) is 0 Å². The Morgan fingerprint density at radius 1 is 1.17 bits per heavy atom. The van der Waals surface area contributed by atoms with Gasteiger partial charge in [-0.3, -0.25) is 4.79 Å². The lowest BCUT2D eigenvalue weighted by Crippen LogP contribution is -2.06. The fourth-order valence-electron chi connectivity index (χ4n) is 2.21. The van der Waals surface area contributed by atoms with Gasteiger partial charge in [0.2, 0.25) is 0 Å². The second kappa shape index (κ2) is 5.53. The van der Waals surface area contributed by atoms with E-state index in [2.05, 4.69) is 55.5 Å². The molecule has 1 aromatic heterocycles. The van der Waals surface area contributed by atoms with Gasteiger partial charge in [0.25, 0.3) is 0 Å². The molecule has 0 saturated heterocycles. The third-order valence-electron chi connectivity index (χ3n) is 3.07. The lowest BCUT2D eigenvalue weighted by molar-refractivity contribution is 0.0993. The van der Waals surface area contributed by atoms with Crippen molar-refractivity contribution in [3.05, 3.63) is 54.3 Å². The summed E-state index contributed by atoms with van der Waals surface area (Å²) < 4.78 is 1.16. The lowest BCUT2D eigenvalue weighted by Gasteiger charge is -2.10. The van der Waals surface area contributed by atoms with E-state index in [1.165, 1.54) is 22.3 Å². The van der Waals surface area contributed by atoms with Crippen LogP contribution in [-0.4, -0.2) is 5.78 Å². The number of benzene rings is 1. The molecule has 0 spiro atoms. The molecule has 0 amide bonds. The van der Waals surface area contributed by atoms with Gasteiger partial charge in [0.05, 0.1) is 2.88 Å². The summed E-state index contributed by atoms with van der Waals surface area (Å²) in [4.78, 5) is 12.2. The largest absolute Gasteiger partial charge is 0.294 e. The number of ketones is 1. The van der Waals surface area contributed by atoms with Crippen molar-refractivity contribution in [3.63, 3.8) is 0 Å². The molecule has 0 N–H and O–H groups in total. The lowest BCUT2D eigenvalue weighted by atomic mass is 9.94. The zero-order valence-electron chi connectivity index (χ0n) is 10.7. The van der Waals surface area contributed by atoms with Crippen LogP contribution in [0.15, 0.2) is 23.6 Å². The van der Waals surface area contributed by atoms with E-state index in [4.69, 9.17) is 0 Å². The van der Waals surface area contributed by atoms with Crippen LogP contribution in [0.2, 0.25) is 0 Å². The number of hydrogen-bond donors (Lipinski definition) is 0. The van der Waals surface area contributed by atoms with Gasteiger partial charge in [-0.1, -0.05) is 17.7 Å². The van der Waals surface area contributed by atoms with Gasteiger partial charge in [-0.05, 0) is 66.1 Å². The quantitative estimate of drug-likeness (QED) is 0.565. The van der Waals surface area contributed by atoms with Gasteiger partial charge in [0, 0.05) is 17.4 Å². The van der Waals surface area contributed by atoms with Crippen molar-refractivity contribution in [3.8, 4) is 0 Å². The summed E-state index contributed by atoms with van der Waals surface area (Å²) >= 11 is 3.87. The Hall–Kier alpha value is -0.680. The van der Waals surface area contributed by atoms with Gasteiger partial charge in [0.1, 0.15) is 0 Å². The number of rotatable bonds is 3. The van der Waals surface area contributed by atoms with Crippen LogP contribution in [0.3, 0.4) is 0 Å². The molecule has 1 nitrogen and oxygen atoms in total. The van der Waals surface area contributed by atoms with E-state index in [0.29, 0.717) is 6.42 Å². The molecule has 0 aliphatic carbocycles. The second-order valence-electron chi connectivity index (χ2n) is 4.62. The van der Waals surface area contributed by atoms with Crippen molar-refractivity contribution in [2.45, 2.75) is 27.2 Å². The highest BCUT2D eigenvalue weighted by Crippen LogP contribution is 2.21. The molecule has 0 aliphatic rings. The summed E-state index contributed by atoms with van der Waals surface area (Å²) in [5.41, 5.74) is 5.69. The first kappa shape index (κ1) is 13.7. The monoisotopic (exact) mass is 370 g/mol. The molecule has 0 bridgehead atoms. The third kappa shape index (κ3) is 3.01. The Balaban J connectivity index is 2.27. The molecule has 0 aliphatic heterocycles. The van der Waals surface area contributed by atoms with Gasteiger partial charge in [0.15, 0.2) is 5.78 Å². The number of halogens is 1. The number of hydrogen-bond acceptors (Lipinski definition) is 2. The van der Waals surface area contributed by atoms with Crippen LogP contribution < -0.4 is 0 Å². The Morgan fingerprint density at radius 3 is 2.28 bits per heavy atom. The Kier molecular flexibility index (Phi) is 4.22. The van der Waals surface area contributed by atoms with Crippen LogP contribution in [0, 0.1) is 23.7 Å². The maximum Gasteiger partial charge on any atom is 0.168 e. The van der Waals surface area contributed by atoms with Crippen molar-refractivity contribution in [1.29, 1.82) is 0 Å². The SMILES string of the molecule is Cc1cc(C)c(CC(=O)c2csc(I)c2)c(C)c1. The van der Waals surface area contributed by atoms with E-state index in [0.717, 1.165) is 8.45 Å². The van der Waals surface area contributed by atoms with E-state index in [1.807, 2.05) is 11.4 Å². The zero-order chi connectivity index (χ0) is 13.3. The normalized spacial score (nSPS) is 10.7. The van der Waals surface area contributed by atoms with Crippen LogP contribution in [0.25, 0.3) is 0 Å². The fourth-order valence-corrected chi connectivity index (χ4v) is 3.56. The minimum absolute atomic E-state index is 0.212. The topological polar surface area (TPSA) is 17.1 Å². The molecular weight excluding hydrogens is 355 g/mol. The first-order valence-corrected chi connectivity index (χ1v) is 7.77. The number of carbonyl (C=O) groups excluding carboxylic acids is 1. The van der Waals surface area contributed by atoms with Crippen LogP contribution >= 0.6 is 33.9 Å². The zero-order valence-corrected chi connectivity index (χ0v) is 13.7. The molecule has 18 heavy (non-hydrogen) atoms. The predicted octanol–water partition coefficient (Wildman–Crippen LogP) is 4.70. The summed E-state index contributed by atoms with van der Waals surface area (Å²) in [5.74, 6) is 0.212. The first-order chi connectivity index (χ1) is 8.47. The van der Waals surface area contributed by atoms with Gasteiger partial charge >= 0.3 is 0 Å². The van der Waals surface area contributed by atoms with Crippen LogP contribution in [0.1, 0.15) is 32.6 Å². The summed E-state index contributed by atoms with van der Waals surface area (Å²) in [6.07, 6.45) is 0.505. The van der Waals surface area contributed by atoms with E-state index in [-0.39, 0.29) is 5.78 Å². The smallest absolute Gasteiger partial charge is 0.168 e. The number of thiophene rings is 1. The average molecular weight is 370 g/mol. The molecule has 94 valence electrons. The molecule has 0 atom stereocenters. The summed E-state index contributed by atoms with van der Waals surface area (Å²) in [5, 5.41) is 1.95. The van der Waals surface area contributed by atoms with Gasteiger partial charge in [-0.15, -0.1) is 11.3 Å². The van der Waals surface area contributed by atoms with Crippen LogP contribution in [-0.2, 0) is 6.42 Å². The highest BCUT2D eigenvalue weighted by Gasteiger charge is 2.12. The van der Waals surface area contributed by atoms with Crippen LogP contribution in [0.4, 0.5) is 0 Å². The van der Waals surface area contributed by atoms with E-state index in [9.17, 15) is 4.79 Å². The minimum atomic E-state index is 0.212. The maximum atomic E-state index is 12.2. The molecular formula is C15H15IOS. The summed E-state index contributed by atoms with van der Waals surface area (Å²) in [7, 11) is 0.